The van der Waals surface area contributed by atoms with E-state index in [-0.39, 0.29) is 37.7 Å². The quantitative estimate of drug-likeness (QED) is 0.332. The molecule has 0 aromatic carbocycles. The smallest absolute Gasteiger partial charge is 0.652 e. The monoisotopic (exact) mass is 152 g/mol. The first-order chi connectivity index (χ1) is 3.46. The molecule has 10 heavy (non-hydrogen) atoms. The van der Waals surface area contributed by atoms with Crippen LogP contribution in [0, 0.1) is 0 Å². The predicted octanol–water partition coefficient (Wildman–Crippen LogP) is -10.1. The Labute approximate surface area is 82.1 Å². The third-order valence-corrected chi connectivity index (χ3v) is 0. The van der Waals surface area contributed by atoms with E-state index in [4.69, 9.17) is 29.1 Å². The number of hydrogen-bond acceptors (Lipinski definition) is 4. The van der Waals surface area contributed by atoms with E-state index in [1.807, 2.05) is 0 Å². The minimum Gasteiger partial charge on any atom is -0.652 e. The number of carbonyl (C=O) groups is 1. The van der Waals surface area contributed by atoms with Crippen LogP contribution in [0.4, 0.5) is 4.79 Å². The maximum atomic E-state index is 8.74. The van der Waals surface area contributed by atoms with E-state index < -0.39 is 15.3 Å². The van der Waals surface area contributed by atoms with Gasteiger partial charge in [0.2, 0.25) is 0 Å². The average Bonchev–Trinajstić information content (AvgIpc) is 1.25. The van der Waals surface area contributed by atoms with Crippen molar-refractivity contribution in [3.8, 4) is 0 Å². The first-order valence-corrected chi connectivity index (χ1v) is 2.57. The van der Waals surface area contributed by atoms with Crippen molar-refractivity contribution < 1.29 is 66.8 Å². The zero-order valence-electron chi connectivity index (χ0n) is 5.53. The first-order valence-electron chi connectivity index (χ1n) is 1.26. The van der Waals surface area contributed by atoms with Gasteiger partial charge < -0.3 is 24.6 Å². The van der Waals surface area contributed by atoms with Gasteiger partial charge in [-0.05, 0) is 6.16 Å². The van der Waals surface area contributed by atoms with Crippen molar-refractivity contribution >= 4 is 15.3 Å². The van der Waals surface area contributed by atoms with E-state index in [1.165, 1.54) is 0 Å². The van der Waals surface area contributed by atoms with E-state index in [0.717, 1.165) is 0 Å². The van der Waals surface area contributed by atoms with Crippen molar-refractivity contribution in [2.24, 2.45) is 0 Å². The number of rotatable bonds is 0. The zero-order chi connectivity index (χ0) is 7.15. The minimum atomic E-state index is -3.13. The SMILES string of the molecule is O=C([O-])[O-].O=[Si](O)O.[Li+].[Li+]. The van der Waals surface area contributed by atoms with Gasteiger partial charge in [-0.2, -0.15) is 0 Å². The van der Waals surface area contributed by atoms with E-state index in [1.54, 1.807) is 0 Å². The largest absolute Gasteiger partial charge is 1.00 e. The molecule has 0 atom stereocenters. The van der Waals surface area contributed by atoms with Gasteiger partial charge in [0.1, 0.15) is 0 Å². The minimum absolute atomic E-state index is 0. The summed E-state index contributed by atoms with van der Waals surface area (Å²) in [6.45, 7) is 0. The molecule has 48 valence electrons. The van der Waals surface area contributed by atoms with Crippen molar-refractivity contribution in [1.82, 2.24) is 0 Å². The fourth-order valence-corrected chi connectivity index (χ4v) is 0. The van der Waals surface area contributed by atoms with Crippen molar-refractivity contribution in [2.75, 3.05) is 0 Å². The molecule has 2 N–H and O–H groups in total. The van der Waals surface area contributed by atoms with Crippen molar-refractivity contribution in [3.05, 3.63) is 0 Å². The Morgan fingerprint density at radius 1 is 1.20 bits per heavy atom. The zero-order valence-corrected chi connectivity index (χ0v) is 6.53. The standard InChI is InChI=1S/CH2O3.2Li.H2O3Si/c2-1(3)4;;;1-4(2)3/h(H2,2,3,4);;;1-2H/q;2*+1;/p-2. The third-order valence-electron chi connectivity index (χ3n) is 0. The van der Waals surface area contributed by atoms with Gasteiger partial charge in [-0.1, -0.05) is 0 Å². The van der Waals surface area contributed by atoms with E-state index in [0.29, 0.717) is 0 Å². The molecule has 9 heteroatoms. The molecule has 0 saturated carbocycles. The summed E-state index contributed by atoms with van der Waals surface area (Å²) < 4.78 is 8.74. The fourth-order valence-electron chi connectivity index (χ4n) is 0. The Hall–Kier alpha value is 0.0817. The normalized spacial score (nSPS) is 4.80. The molecule has 0 aromatic heterocycles. The summed E-state index contributed by atoms with van der Waals surface area (Å²) in [5.74, 6) is 0. The summed E-state index contributed by atoms with van der Waals surface area (Å²) in [6, 6.07) is 0. The van der Waals surface area contributed by atoms with Crippen LogP contribution < -0.4 is 47.9 Å². The van der Waals surface area contributed by atoms with E-state index in [2.05, 4.69) is 0 Å². The number of carboxylic acid groups (broad SMARTS) is 2. The van der Waals surface area contributed by atoms with Gasteiger partial charge in [0.05, 0.1) is 0 Å². The Balaban J connectivity index is -0.0000000300. The summed E-state index contributed by atoms with van der Waals surface area (Å²) in [5.41, 5.74) is 0. The Morgan fingerprint density at radius 3 is 1.20 bits per heavy atom. The molecule has 0 aliphatic rings. The van der Waals surface area contributed by atoms with Crippen LogP contribution in [0.1, 0.15) is 0 Å². The summed E-state index contributed by atoms with van der Waals surface area (Å²) in [7, 11) is -3.13. The van der Waals surface area contributed by atoms with Gasteiger partial charge in [-0.15, -0.1) is 0 Å². The van der Waals surface area contributed by atoms with E-state index in [9.17, 15) is 0 Å². The molecule has 0 fully saturated rings. The molecule has 0 amide bonds. The number of carbonyl (C=O) groups excluding carboxylic acids is 1. The molecule has 6 nitrogen and oxygen atoms in total. The van der Waals surface area contributed by atoms with Crippen molar-refractivity contribution in [2.45, 2.75) is 0 Å². The fraction of sp³-hybridized carbons (Fsp3) is 0. The second-order valence-corrected chi connectivity index (χ2v) is 1.10. The van der Waals surface area contributed by atoms with Gasteiger partial charge in [-0.25, -0.2) is 0 Å². The van der Waals surface area contributed by atoms with Crippen molar-refractivity contribution in [3.63, 3.8) is 0 Å². The molecule has 0 spiro atoms. The van der Waals surface area contributed by atoms with E-state index >= 15 is 0 Å². The molecule has 0 saturated heterocycles. The van der Waals surface area contributed by atoms with Crippen molar-refractivity contribution in [1.29, 1.82) is 0 Å². The predicted molar refractivity (Wildman–Crippen MR) is 16.3 cm³/mol. The summed E-state index contributed by atoms with van der Waals surface area (Å²) in [5, 5.41) is 16.7. The van der Waals surface area contributed by atoms with Gasteiger partial charge in [-0.3, -0.25) is 4.46 Å². The molecule has 0 aliphatic carbocycles. The third kappa shape index (κ3) is 60700. The Kier molecular flexibility index (Phi) is 36.1. The summed E-state index contributed by atoms with van der Waals surface area (Å²) in [4.78, 5) is 22.6. The molecule has 0 aliphatic heterocycles. The van der Waals surface area contributed by atoms with Crippen LogP contribution >= 0.6 is 0 Å². The second-order valence-electron chi connectivity index (χ2n) is 0.533. The molecule has 0 aromatic rings. The molecular formula is CH2Li2O6Si. The number of hydrogen-bond donors (Lipinski definition) is 2. The summed E-state index contributed by atoms with van der Waals surface area (Å²) >= 11 is 0. The Bertz CT molecular complexity index is 73.7. The molecule has 0 radical (unpaired) electrons. The first kappa shape index (κ1) is 22.5. The van der Waals surface area contributed by atoms with Crippen LogP contribution in [-0.4, -0.2) is 24.9 Å². The van der Waals surface area contributed by atoms with Crippen LogP contribution in [0.3, 0.4) is 0 Å². The van der Waals surface area contributed by atoms with Gasteiger partial charge >= 0.3 is 46.9 Å². The average molecular weight is 152 g/mol. The maximum absolute atomic E-state index is 8.74. The Morgan fingerprint density at radius 2 is 1.20 bits per heavy atom. The van der Waals surface area contributed by atoms with Crippen LogP contribution in [0.25, 0.3) is 0 Å². The van der Waals surface area contributed by atoms with Crippen LogP contribution in [0.2, 0.25) is 0 Å². The maximum Gasteiger partial charge on any atom is 1.00 e. The second kappa shape index (κ2) is 16.0. The molecule has 0 bridgehead atoms. The van der Waals surface area contributed by atoms with Crippen LogP contribution in [0.5, 0.6) is 0 Å². The van der Waals surface area contributed by atoms with Crippen LogP contribution in [-0.2, 0) is 4.46 Å². The van der Waals surface area contributed by atoms with Crippen LogP contribution in [0.15, 0.2) is 0 Å². The molecular weight excluding hydrogens is 150 g/mol. The van der Waals surface area contributed by atoms with Gasteiger partial charge in [0, 0.05) is 0 Å². The molecule has 0 rings (SSSR count). The molecule has 0 heterocycles. The molecule has 0 unspecified atom stereocenters. The van der Waals surface area contributed by atoms with Gasteiger partial charge in [0.25, 0.3) is 0 Å². The summed E-state index contributed by atoms with van der Waals surface area (Å²) in [6.07, 6.45) is -2.33. The topological polar surface area (TPSA) is 121 Å². The van der Waals surface area contributed by atoms with Gasteiger partial charge in [0.15, 0.2) is 0 Å².